The van der Waals surface area contributed by atoms with Gasteiger partial charge in [0, 0.05) is 19.5 Å². The fourth-order valence-corrected chi connectivity index (χ4v) is 1.02. The van der Waals surface area contributed by atoms with Crippen LogP contribution in [0.15, 0.2) is 0 Å². The quantitative estimate of drug-likeness (QED) is 0.587. The molecule has 0 aromatic rings. The standard InChI is InChI=1S/C7H15NO2S/c1-2-8(4-5-9)7(10)3-6-11/h9,11H,2-6H2,1H3. The maximum atomic E-state index is 11.1. The van der Waals surface area contributed by atoms with Gasteiger partial charge in [-0.05, 0) is 12.7 Å². The number of carbonyl (C=O) groups excluding carboxylic acids is 1. The molecule has 0 heterocycles. The zero-order valence-corrected chi connectivity index (χ0v) is 7.68. The fraction of sp³-hybridized carbons (Fsp3) is 0.857. The van der Waals surface area contributed by atoms with E-state index >= 15 is 0 Å². The third-order valence-corrected chi connectivity index (χ3v) is 1.65. The topological polar surface area (TPSA) is 40.5 Å². The summed E-state index contributed by atoms with van der Waals surface area (Å²) in [7, 11) is 0. The molecule has 0 aliphatic rings. The van der Waals surface area contributed by atoms with Gasteiger partial charge in [0.2, 0.25) is 5.91 Å². The van der Waals surface area contributed by atoms with Gasteiger partial charge in [-0.1, -0.05) is 0 Å². The molecule has 0 aromatic carbocycles. The zero-order valence-electron chi connectivity index (χ0n) is 6.79. The molecule has 0 saturated carbocycles. The number of aliphatic hydroxyl groups is 1. The van der Waals surface area contributed by atoms with Crippen molar-refractivity contribution in [3.8, 4) is 0 Å². The summed E-state index contributed by atoms with van der Waals surface area (Å²) in [5.74, 6) is 0.636. The van der Waals surface area contributed by atoms with Gasteiger partial charge in [-0.2, -0.15) is 12.6 Å². The van der Waals surface area contributed by atoms with E-state index in [1.54, 1.807) is 4.90 Å². The van der Waals surface area contributed by atoms with E-state index in [2.05, 4.69) is 12.6 Å². The van der Waals surface area contributed by atoms with Crippen LogP contribution in [0.2, 0.25) is 0 Å². The monoisotopic (exact) mass is 177 g/mol. The lowest BCUT2D eigenvalue weighted by molar-refractivity contribution is -0.131. The van der Waals surface area contributed by atoms with Crippen LogP contribution in [-0.4, -0.2) is 41.4 Å². The van der Waals surface area contributed by atoms with Crippen molar-refractivity contribution in [2.45, 2.75) is 13.3 Å². The van der Waals surface area contributed by atoms with Crippen LogP contribution in [0.4, 0.5) is 0 Å². The van der Waals surface area contributed by atoms with Crippen molar-refractivity contribution in [1.82, 2.24) is 4.90 Å². The van der Waals surface area contributed by atoms with Crippen molar-refractivity contribution in [3.63, 3.8) is 0 Å². The molecule has 0 aliphatic carbocycles. The van der Waals surface area contributed by atoms with Crippen molar-refractivity contribution in [2.75, 3.05) is 25.4 Å². The van der Waals surface area contributed by atoms with Gasteiger partial charge in [-0.25, -0.2) is 0 Å². The molecule has 11 heavy (non-hydrogen) atoms. The molecular formula is C7H15NO2S. The molecule has 0 aromatic heterocycles. The van der Waals surface area contributed by atoms with Crippen LogP contribution >= 0.6 is 12.6 Å². The van der Waals surface area contributed by atoms with Gasteiger partial charge in [0.15, 0.2) is 0 Å². The van der Waals surface area contributed by atoms with Gasteiger partial charge < -0.3 is 10.0 Å². The van der Waals surface area contributed by atoms with Gasteiger partial charge >= 0.3 is 0 Å². The highest BCUT2D eigenvalue weighted by Gasteiger charge is 2.08. The smallest absolute Gasteiger partial charge is 0.223 e. The summed E-state index contributed by atoms with van der Waals surface area (Å²) >= 11 is 3.95. The first-order valence-corrected chi connectivity index (χ1v) is 4.39. The number of thiol groups is 1. The predicted octanol–water partition coefficient (Wildman–Crippen LogP) is 0.147. The zero-order chi connectivity index (χ0) is 8.69. The Morgan fingerprint density at radius 1 is 1.64 bits per heavy atom. The van der Waals surface area contributed by atoms with E-state index in [4.69, 9.17) is 5.11 Å². The van der Waals surface area contributed by atoms with Crippen molar-refractivity contribution in [3.05, 3.63) is 0 Å². The Hall–Kier alpha value is -0.220. The Balaban J connectivity index is 3.71. The number of hydrogen-bond acceptors (Lipinski definition) is 3. The summed E-state index contributed by atoms with van der Waals surface area (Å²) in [5.41, 5.74) is 0. The van der Waals surface area contributed by atoms with E-state index in [-0.39, 0.29) is 12.5 Å². The third-order valence-electron chi connectivity index (χ3n) is 1.43. The van der Waals surface area contributed by atoms with Gasteiger partial charge in [0.05, 0.1) is 6.61 Å². The molecule has 66 valence electrons. The molecule has 0 saturated heterocycles. The maximum absolute atomic E-state index is 11.1. The van der Waals surface area contributed by atoms with Crippen LogP contribution in [0.25, 0.3) is 0 Å². The normalized spacial score (nSPS) is 9.73. The molecular weight excluding hydrogens is 162 g/mol. The van der Waals surface area contributed by atoms with E-state index in [0.717, 1.165) is 0 Å². The first-order valence-electron chi connectivity index (χ1n) is 3.75. The molecule has 0 rings (SSSR count). The minimum absolute atomic E-state index is 0.0339. The van der Waals surface area contributed by atoms with Crippen LogP contribution in [0.5, 0.6) is 0 Å². The van der Waals surface area contributed by atoms with Gasteiger partial charge in [0.1, 0.15) is 0 Å². The molecule has 0 radical (unpaired) electrons. The van der Waals surface area contributed by atoms with Crippen molar-refractivity contribution < 1.29 is 9.90 Å². The van der Waals surface area contributed by atoms with Gasteiger partial charge in [-0.3, -0.25) is 4.79 Å². The van der Waals surface area contributed by atoms with E-state index in [1.165, 1.54) is 0 Å². The summed E-state index contributed by atoms with van der Waals surface area (Å²) in [4.78, 5) is 12.8. The number of likely N-dealkylation sites (N-methyl/N-ethyl adjacent to an activating group) is 1. The number of rotatable bonds is 5. The molecule has 0 fully saturated rings. The van der Waals surface area contributed by atoms with E-state index in [1.807, 2.05) is 6.92 Å². The van der Waals surface area contributed by atoms with Crippen LogP contribution in [0, 0.1) is 0 Å². The molecule has 3 nitrogen and oxygen atoms in total. The Labute approximate surface area is 72.8 Å². The predicted molar refractivity (Wildman–Crippen MR) is 47.8 cm³/mol. The summed E-state index contributed by atoms with van der Waals surface area (Å²) in [5, 5.41) is 8.57. The van der Waals surface area contributed by atoms with Crippen molar-refractivity contribution in [1.29, 1.82) is 0 Å². The Bertz CT molecular complexity index is 119. The lowest BCUT2D eigenvalue weighted by atomic mass is 10.4. The van der Waals surface area contributed by atoms with Crippen LogP contribution in [0.3, 0.4) is 0 Å². The molecule has 0 atom stereocenters. The summed E-state index contributed by atoms with van der Waals surface area (Å²) in [6, 6.07) is 0. The Morgan fingerprint density at radius 3 is 2.64 bits per heavy atom. The largest absolute Gasteiger partial charge is 0.395 e. The molecule has 1 N–H and O–H groups in total. The lowest BCUT2D eigenvalue weighted by Gasteiger charge is -2.18. The number of carbonyl (C=O) groups is 1. The SMILES string of the molecule is CCN(CCO)C(=O)CCS. The summed E-state index contributed by atoms with van der Waals surface area (Å²) in [6.07, 6.45) is 0.455. The van der Waals surface area contributed by atoms with Crippen LogP contribution < -0.4 is 0 Å². The first kappa shape index (κ1) is 10.8. The van der Waals surface area contributed by atoms with Crippen LogP contribution in [0.1, 0.15) is 13.3 Å². The molecule has 0 bridgehead atoms. The average Bonchev–Trinajstić information content (AvgIpc) is 2.00. The molecule has 4 heteroatoms. The second-order valence-electron chi connectivity index (χ2n) is 2.17. The van der Waals surface area contributed by atoms with E-state index in [9.17, 15) is 4.79 Å². The third kappa shape index (κ3) is 4.27. The summed E-state index contributed by atoms with van der Waals surface area (Å²) < 4.78 is 0. The fourth-order valence-electron chi connectivity index (χ4n) is 0.834. The second-order valence-corrected chi connectivity index (χ2v) is 2.62. The number of aliphatic hydroxyl groups excluding tert-OH is 1. The Morgan fingerprint density at radius 2 is 2.27 bits per heavy atom. The molecule has 1 amide bonds. The highest BCUT2D eigenvalue weighted by Crippen LogP contribution is 1.94. The first-order chi connectivity index (χ1) is 5.26. The van der Waals surface area contributed by atoms with E-state index < -0.39 is 0 Å². The summed E-state index contributed by atoms with van der Waals surface area (Å²) in [6.45, 7) is 3.02. The highest BCUT2D eigenvalue weighted by atomic mass is 32.1. The lowest BCUT2D eigenvalue weighted by Crippen LogP contribution is -2.33. The highest BCUT2D eigenvalue weighted by molar-refractivity contribution is 7.80. The molecule has 0 spiro atoms. The minimum Gasteiger partial charge on any atom is -0.395 e. The molecule has 0 aliphatic heterocycles. The van der Waals surface area contributed by atoms with E-state index in [0.29, 0.717) is 25.3 Å². The van der Waals surface area contributed by atoms with Crippen molar-refractivity contribution >= 4 is 18.5 Å². The van der Waals surface area contributed by atoms with Crippen molar-refractivity contribution in [2.24, 2.45) is 0 Å². The number of nitrogens with zero attached hydrogens (tertiary/aromatic N) is 1. The Kier molecular flexibility index (Phi) is 6.36. The average molecular weight is 177 g/mol. The van der Waals surface area contributed by atoms with Crippen LogP contribution in [-0.2, 0) is 4.79 Å². The minimum atomic E-state index is 0.0339. The molecule has 0 unspecified atom stereocenters. The van der Waals surface area contributed by atoms with Gasteiger partial charge in [0.25, 0.3) is 0 Å². The number of amides is 1. The number of hydrogen-bond donors (Lipinski definition) is 2. The van der Waals surface area contributed by atoms with Gasteiger partial charge in [-0.15, -0.1) is 0 Å². The maximum Gasteiger partial charge on any atom is 0.223 e. The second kappa shape index (κ2) is 6.49.